The summed E-state index contributed by atoms with van der Waals surface area (Å²) in [7, 11) is 0. The second-order valence-corrected chi connectivity index (χ2v) is 5.65. The molecule has 2 aromatic heterocycles. The minimum absolute atomic E-state index is 0.462. The Morgan fingerprint density at radius 1 is 1.28 bits per heavy atom. The molecule has 0 aliphatic heterocycles. The van der Waals surface area contributed by atoms with Gasteiger partial charge < -0.3 is 4.42 Å². The number of para-hydroxylation sites is 2. The van der Waals surface area contributed by atoms with Crippen molar-refractivity contribution in [2.45, 2.75) is 6.92 Å². The van der Waals surface area contributed by atoms with Crippen molar-refractivity contribution in [1.82, 2.24) is 4.98 Å². The van der Waals surface area contributed by atoms with E-state index in [4.69, 9.17) is 16.0 Å². The molecule has 4 heteroatoms. The average molecular weight is 276 g/mol. The van der Waals surface area contributed by atoms with Crippen molar-refractivity contribution in [3.05, 3.63) is 52.0 Å². The first kappa shape index (κ1) is 11.5. The van der Waals surface area contributed by atoms with E-state index in [2.05, 4.69) is 18.0 Å². The molecule has 0 bridgehead atoms. The number of rotatable bonds is 2. The SMILES string of the molecule is Cc1ccc(/C=C(\Cl)c2nc3ccccc3o2)s1. The summed E-state index contributed by atoms with van der Waals surface area (Å²) in [5.74, 6) is 0.462. The van der Waals surface area contributed by atoms with E-state index in [0.717, 1.165) is 16.0 Å². The number of fused-ring (bicyclic) bond motifs is 1. The summed E-state index contributed by atoms with van der Waals surface area (Å²) in [5.41, 5.74) is 1.57. The Balaban J connectivity index is 2.01. The van der Waals surface area contributed by atoms with Crippen LogP contribution in [0.4, 0.5) is 0 Å². The van der Waals surface area contributed by atoms with E-state index in [-0.39, 0.29) is 0 Å². The van der Waals surface area contributed by atoms with Gasteiger partial charge in [0, 0.05) is 9.75 Å². The summed E-state index contributed by atoms with van der Waals surface area (Å²) in [6.45, 7) is 2.06. The maximum absolute atomic E-state index is 6.23. The predicted molar refractivity (Wildman–Crippen MR) is 76.8 cm³/mol. The molecule has 0 radical (unpaired) electrons. The van der Waals surface area contributed by atoms with Crippen LogP contribution in [0.3, 0.4) is 0 Å². The molecule has 18 heavy (non-hydrogen) atoms. The molecule has 0 saturated carbocycles. The van der Waals surface area contributed by atoms with E-state index in [1.54, 1.807) is 11.3 Å². The molecule has 0 amide bonds. The first-order valence-electron chi connectivity index (χ1n) is 5.52. The van der Waals surface area contributed by atoms with Crippen LogP contribution in [0, 0.1) is 6.92 Å². The highest BCUT2D eigenvalue weighted by Gasteiger charge is 2.08. The van der Waals surface area contributed by atoms with Gasteiger partial charge in [0.25, 0.3) is 0 Å². The summed E-state index contributed by atoms with van der Waals surface area (Å²) in [4.78, 5) is 6.70. The number of aryl methyl sites for hydroxylation is 1. The second kappa shape index (κ2) is 4.59. The number of benzene rings is 1. The molecular formula is C14H10ClNOS. The van der Waals surface area contributed by atoms with Crippen LogP contribution in [0.15, 0.2) is 40.8 Å². The van der Waals surface area contributed by atoms with Crippen LogP contribution in [0.2, 0.25) is 0 Å². The lowest BCUT2D eigenvalue weighted by Crippen LogP contribution is -1.74. The zero-order valence-electron chi connectivity index (χ0n) is 9.68. The highest BCUT2D eigenvalue weighted by atomic mass is 35.5. The molecule has 2 nitrogen and oxygen atoms in total. The molecule has 0 unspecified atom stereocenters. The van der Waals surface area contributed by atoms with Crippen molar-refractivity contribution in [1.29, 1.82) is 0 Å². The predicted octanol–water partition coefficient (Wildman–Crippen LogP) is 4.93. The summed E-state index contributed by atoms with van der Waals surface area (Å²) >= 11 is 7.92. The summed E-state index contributed by atoms with van der Waals surface area (Å²) in [6.07, 6.45) is 1.88. The van der Waals surface area contributed by atoms with E-state index < -0.39 is 0 Å². The third-order valence-corrected chi connectivity index (χ3v) is 3.75. The standard InChI is InChI=1S/C14H10ClNOS/c1-9-6-7-10(18-9)8-11(15)14-16-12-4-2-3-5-13(12)17-14/h2-8H,1H3/b11-8-. The molecular weight excluding hydrogens is 266 g/mol. The van der Waals surface area contributed by atoms with E-state index in [1.165, 1.54) is 4.88 Å². The van der Waals surface area contributed by atoms with Crippen molar-refractivity contribution >= 4 is 45.1 Å². The lowest BCUT2D eigenvalue weighted by Gasteiger charge is -1.90. The van der Waals surface area contributed by atoms with E-state index in [1.807, 2.05) is 36.4 Å². The number of hydrogen-bond acceptors (Lipinski definition) is 3. The molecule has 0 aliphatic rings. The fraction of sp³-hybridized carbons (Fsp3) is 0.0714. The number of thiophene rings is 1. The molecule has 0 fully saturated rings. The average Bonchev–Trinajstić information content (AvgIpc) is 2.95. The van der Waals surface area contributed by atoms with Crippen LogP contribution in [0.25, 0.3) is 22.2 Å². The lowest BCUT2D eigenvalue weighted by molar-refractivity contribution is 0.588. The summed E-state index contributed by atoms with van der Waals surface area (Å²) < 4.78 is 5.60. The lowest BCUT2D eigenvalue weighted by atomic mass is 10.3. The fourth-order valence-electron chi connectivity index (χ4n) is 1.69. The van der Waals surface area contributed by atoms with Crippen LogP contribution in [0.5, 0.6) is 0 Å². The normalized spacial score (nSPS) is 12.2. The van der Waals surface area contributed by atoms with Crippen molar-refractivity contribution in [3.8, 4) is 0 Å². The second-order valence-electron chi connectivity index (χ2n) is 3.93. The van der Waals surface area contributed by atoms with Gasteiger partial charge >= 0.3 is 0 Å². The monoisotopic (exact) mass is 275 g/mol. The number of hydrogen-bond donors (Lipinski definition) is 0. The Kier molecular flexibility index (Phi) is 2.94. The first-order valence-corrected chi connectivity index (χ1v) is 6.71. The largest absolute Gasteiger partial charge is 0.435 e. The molecule has 0 atom stereocenters. The van der Waals surface area contributed by atoms with Crippen LogP contribution in [0.1, 0.15) is 15.6 Å². The Hall–Kier alpha value is -1.58. The van der Waals surface area contributed by atoms with Gasteiger partial charge in [-0.3, -0.25) is 0 Å². The van der Waals surface area contributed by atoms with Crippen molar-refractivity contribution in [2.75, 3.05) is 0 Å². The molecule has 0 N–H and O–H groups in total. The quantitative estimate of drug-likeness (QED) is 0.662. The van der Waals surface area contributed by atoms with Crippen LogP contribution >= 0.6 is 22.9 Å². The zero-order valence-corrected chi connectivity index (χ0v) is 11.3. The molecule has 90 valence electrons. The minimum Gasteiger partial charge on any atom is -0.435 e. The number of halogens is 1. The van der Waals surface area contributed by atoms with Crippen molar-refractivity contribution in [3.63, 3.8) is 0 Å². The van der Waals surface area contributed by atoms with Gasteiger partial charge in [-0.2, -0.15) is 0 Å². The van der Waals surface area contributed by atoms with E-state index in [9.17, 15) is 0 Å². The Morgan fingerprint density at radius 3 is 2.83 bits per heavy atom. The van der Waals surface area contributed by atoms with Gasteiger partial charge in [0.15, 0.2) is 5.58 Å². The third-order valence-electron chi connectivity index (χ3n) is 2.53. The fourth-order valence-corrected chi connectivity index (χ4v) is 2.78. The molecule has 1 aromatic carbocycles. The summed E-state index contributed by atoms with van der Waals surface area (Å²) in [5, 5.41) is 0.521. The Morgan fingerprint density at radius 2 is 2.11 bits per heavy atom. The maximum Gasteiger partial charge on any atom is 0.238 e. The topological polar surface area (TPSA) is 26.0 Å². The summed E-state index contributed by atoms with van der Waals surface area (Å²) in [6, 6.07) is 11.7. The first-order chi connectivity index (χ1) is 8.72. The van der Waals surface area contributed by atoms with Gasteiger partial charge in [-0.15, -0.1) is 11.3 Å². The number of nitrogens with zero attached hydrogens (tertiary/aromatic N) is 1. The Labute approximate surface area is 114 Å². The number of aromatic nitrogens is 1. The Bertz CT molecular complexity index is 693. The van der Waals surface area contributed by atoms with Crippen LogP contribution in [-0.4, -0.2) is 4.98 Å². The van der Waals surface area contributed by atoms with Crippen LogP contribution < -0.4 is 0 Å². The third kappa shape index (κ3) is 2.19. The molecule has 2 heterocycles. The van der Waals surface area contributed by atoms with Gasteiger partial charge in [0.05, 0.1) is 0 Å². The van der Waals surface area contributed by atoms with E-state index >= 15 is 0 Å². The van der Waals surface area contributed by atoms with Gasteiger partial charge in [-0.05, 0) is 37.3 Å². The van der Waals surface area contributed by atoms with Gasteiger partial charge in [0.2, 0.25) is 5.89 Å². The minimum atomic E-state index is 0.462. The zero-order chi connectivity index (χ0) is 12.5. The van der Waals surface area contributed by atoms with Gasteiger partial charge in [-0.25, -0.2) is 4.98 Å². The van der Waals surface area contributed by atoms with Crippen molar-refractivity contribution < 1.29 is 4.42 Å². The van der Waals surface area contributed by atoms with Crippen LogP contribution in [-0.2, 0) is 0 Å². The molecule has 3 rings (SSSR count). The molecule has 0 aliphatic carbocycles. The molecule has 0 saturated heterocycles. The number of oxazole rings is 1. The molecule has 3 aromatic rings. The van der Waals surface area contributed by atoms with Gasteiger partial charge in [0.1, 0.15) is 10.5 Å². The smallest absolute Gasteiger partial charge is 0.238 e. The van der Waals surface area contributed by atoms with E-state index in [0.29, 0.717) is 10.9 Å². The van der Waals surface area contributed by atoms with Crippen molar-refractivity contribution in [2.24, 2.45) is 0 Å². The van der Waals surface area contributed by atoms with Gasteiger partial charge in [-0.1, -0.05) is 23.7 Å². The molecule has 0 spiro atoms. The highest BCUT2D eigenvalue weighted by Crippen LogP contribution is 2.27. The highest BCUT2D eigenvalue weighted by molar-refractivity contribution is 7.12. The maximum atomic E-state index is 6.23.